The van der Waals surface area contributed by atoms with E-state index in [4.69, 9.17) is 4.42 Å². The molecule has 1 N–H and O–H groups in total. The summed E-state index contributed by atoms with van der Waals surface area (Å²) >= 11 is 0. The maximum Gasteiger partial charge on any atom is 0.208 e. The highest BCUT2D eigenvalue weighted by Crippen LogP contribution is 2.32. The van der Waals surface area contributed by atoms with Crippen LogP contribution in [0.1, 0.15) is 45.3 Å². The Balaban J connectivity index is 1.83. The van der Waals surface area contributed by atoms with Crippen LogP contribution >= 0.6 is 0 Å². The summed E-state index contributed by atoms with van der Waals surface area (Å²) in [6.07, 6.45) is 5.66. The molecule has 84 valence electrons. The standard InChI is InChI=1S/C12H20N2O/c1-12(2,3)14-8-11-13-7-10(15-11)6-9-4-5-9/h7,9,14H,4-6,8H2,1-3H3. The zero-order valence-corrected chi connectivity index (χ0v) is 9.84. The Morgan fingerprint density at radius 2 is 2.20 bits per heavy atom. The minimum absolute atomic E-state index is 0.116. The van der Waals surface area contributed by atoms with Gasteiger partial charge in [0.15, 0.2) is 0 Å². The quantitative estimate of drug-likeness (QED) is 0.826. The van der Waals surface area contributed by atoms with Crippen LogP contribution < -0.4 is 5.32 Å². The van der Waals surface area contributed by atoms with Crippen LogP contribution in [0.25, 0.3) is 0 Å². The van der Waals surface area contributed by atoms with E-state index in [0.29, 0.717) is 6.54 Å². The van der Waals surface area contributed by atoms with E-state index in [2.05, 4.69) is 31.1 Å². The van der Waals surface area contributed by atoms with Gasteiger partial charge in [0.2, 0.25) is 5.89 Å². The lowest BCUT2D eigenvalue weighted by molar-refractivity contribution is 0.369. The molecule has 0 unspecified atom stereocenters. The lowest BCUT2D eigenvalue weighted by Gasteiger charge is -2.18. The zero-order valence-electron chi connectivity index (χ0n) is 9.84. The Kier molecular flexibility index (Phi) is 2.83. The lowest BCUT2D eigenvalue weighted by Crippen LogP contribution is -2.35. The largest absolute Gasteiger partial charge is 0.444 e. The summed E-state index contributed by atoms with van der Waals surface area (Å²) in [6, 6.07) is 0. The van der Waals surface area contributed by atoms with Crippen molar-refractivity contribution < 1.29 is 4.42 Å². The Morgan fingerprint density at radius 1 is 1.47 bits per heavy atom. The number of hydrogen-bond donors (Lipinski definition) is 1. The molecule has 3 nitrogen and oxygen atoms in total. The van der Waals surface area contributed by atoms with Crippen LogP contribution in [0.3, 0.4) is 0 Å². The minimum Gasteiger partial charge on any atom is -0.444 e. The van der Waals surface area contributed by atoms with Crippen molar-refractivity contribution in [2.24, 2.45) is 5.92 Å². The molecule has 0 atom stereocenters. The second-order valence-corrected chi connectivity index (χ2v) is 5.47. The van der Waals surface area contributed by atoms with E-state index >= 15 is 0 Å². The number of aromatic nitrogens is 1. The molecule has 3 heteroatoms. The van der Waals surface area contributed by atoms with Crippen LogP contribution in [-0.2, 0) is 13.0 Å². The van der Waals surface area contributed by atoms with Gasteiger partial charge in [0.25, 0.3) is 0 Å². The van der Waals surface area contributed by atoms with E-state index in [9.17, 15) is 0 Å². The SMILES string of the molecule is CC(C)(C)NCc1ncc(CC2CC2)o1. The third-order valence-corrected chi connectivity index (χ3v) is 2.56. The van der Waals surface area contributed by atoms with Crippen LogP contribution in [0.2, 0.25) is 0 Å². The van der Waals surface area contributed by atoms with Crippen LogP contribution in [0.4, 0.5) is 0 Å². The molecule has 1 aromatic heterocycles. The second kappa shape index (κ2) is 3.97. The van der Waals surface area contributed by atoms with Crippen LogP contribution in [0, 0.1) is 5.92 Å². The molecule has 2 rings (SSSR count). The average molecular weight is 208 g/mol. The monoisotopic (exact) mass is 208 g/mol. The molecule has 0 saturated heterocycles. The molecule has 1 aliphatic rings. The summed E-state index contributed by atoms with van der Waals surface area (Å²) in [5, 5.41) is 3.36. The number of nitrogens with one attached hydrogen (secondary N) is 1. The third-order valence-electron chi connectivity index (χ3n) is 2.56. The van der Waals surface area contributed by atoms with Gasteiger partial charge in [0.05, 0.1) is 12.7 Å². The van der Waals surface area contributed by atoms with Gasteiger partial charge in [-0.1, -0.05) is 0 Å². The van der Waals surface area contributed by atoms with Crippen molar-refractivity contribution in [3.05, 3.63) is 17.8 Å². The highest BCUT2D eigenvalue weighted by molar-refractivity contribution is 4.98. The fourth-order valence-electron chi connectivity index (χ4n) is 1.47. The van der Waals surface area contributed by atoms with Gasteiger partial charge in [-0.2, -0.15) is 0 Å². The number of oxazole rings is 1. The normalized spacial score (nSPS) is 17.0. The summed E-state index contributed by atoms with van der Waals surface area (Å²) in [5.41, 5.74) is 0.116. The van der Waals surface area contributed by atoms with Gasteiger partial charge in [-0.25, -0.2) is 4.98 Å². The van der Waals surface area contributed by atoms with Crippen LogP contribution in [0.5, 0.6) is 0 Å². The van der Waals surface area contributed by atoms with Gasteiger partial charge in [0, 0.05) is 12.0 Å². The summed E-state index contributed by atoms with van der Waals surface area (Å²) in [5.74, 6) is 2.71. The average Bonchev–Trinajstić information content (AvgIpc) is 2.79. The van der Waals surface area contributed by atoms with Crippen molar-refractivity contribution in [3.63, 3.8) is 0 Å². The van der Waals surface area contributed by atoms with Gasteiger partial charge in [-0.3, -0.25) is 0 Å². The van der Waals surface area contributed by atoms with Crippen LogP contribution in [-0.4, -0.2) is 10.5 Å². The molecule has 0 spiro atoms. The van der Waals surface area contributed by atoms with Gasteiger partial charge in [0.1, 0.15) is 5.76 Å². The zero-order chi connectivity index (χ0) is 10.9. The predicted octanol–water partition coefficient (Wildman–Crippen LogP) is 2.52. The highest BCUT2D eigenvalue weighted by atomic mass is 16.4. The Morgan fingerprint density at radius 3 is 2.80 bits per heavy atom. The molecular weight excluding hydrogens is 188 g/mol. The van der Waals surface area contributed by atoms with Crippen LogP contribution in [0.15, 0.2) is 10.6 Å². The smallest absolute Gasteiger partial charge is 0.208 e. The number of rotatable bonds is 4. The van der Waals surface area contributed by atoms with Gasteiger partial charge < -0.3 is 9.73 Å². The molecule has 0 aromatic carbocycles. The van der Waals surface area contributed by atoms with E-state index in [1.54, 1.807) is 0 Å². The maximum atomic E-state index is 5.66. The van der Waals surface area contributed by atoms with E-state index in [0.717, 1.165) is 24.0 Å². The molecule has 1 aromatic rings. The number of hydrogen-bond acceptors (Lipinski definition) is 3. The van der Waals surface area contributed by atoms with E-state index in [1.807, 2.05) is 6.20 Å². The fraction of sp³-hybridized carbons (Fsp3) is 0.750. The van der Waals surface area contributed by atoms with Crippen molar-refractivity contribution in [2.75, 3.05) is 0 Å². The first kappa shape index (κ1) is 10.7. The molecule has 1 heterocycles. The van der Waals surface area contributed by atoms with Gasteiger partial charge >= 0.3 is 0 Å². The maximum absolute atomic E-state index is 5.66. The first-order valence-electron chi connectivity index (χ1n) is 5.71. The second-order valence-electron chi connectivity index (χ2n) is 5.47. The molecule has 0 bridgehead atoms. The molecule has 1 aliphatic carbocycles. The molecule has 15 heavy (non-hydrogen) atoms. The molecule has 1 saturated carbocycles. The highest BCUT2D eigenvalue weighted by Gasteiger charge is 2.23. The van der Waals surface area contributed by atoms with Crippen molar-refractivity contribution in [2.45, 2.75) is 52.1 Å². The Bertz CT molecular complexity index is 321. The molecule has 1 fully saturated rings. The predicted molar refractivity (Wildman–Crippen MR) is 59.5 cm³/mol. The summed E-state index contributed by atoms with van der Waals surface area (Å²) in [6.45, 7) is 7.14. The van der Waals surface area contributed by atoms with Crippen molar-refractivity contribution in [3.8, 4) is 0 Å². The summed E-state index contributed by atoms with van der Waals surface area (Å²) < 4.78 is 5.66. The van der Waals surface area contributed by atoms with Crippen molar-refractivity contribution in [1.82, 2.24) is 10.3 Å². The van der Waals surface area contributed by atoms with Crippen molar-refractivity contribution >= 4 is 0 Å². The third kappa shape index (κ3) is 3.67. The fourth-order valence-corrected chi connectivity index (χ4v) is 1.47. The van der Waals surface area contributed by atoms with Gasteiger partial charge in [-0.05, 0) is 39.5 Å². The molecule has 0 amide bonds. The van der Waals surface area contributed by atoms with Gasteiger partial charge in [-0.15, -0.1) is 0 Å². The molecule has 0 radical (unpaired) electrons. The first-order chi connectivity index (χ1) is 7.03. The van der Waals surface area contributed by atoms with E-state index in [1.165, 1.54) is 12.8 Å². The number of nitrogens with zero attached hydrogens (tertiary/aromatic N) is 1. The topological polar surface area (TPSA) is 38.1 Å². The summed E-state index contributed by atoms with van der Waals surface area (Å²) in [4.78, 5) is 4.27. The van der Waals surface area contributed by atoms with E-state index < -0.39 is 0 Å². The molecular formula is C12H20N2O. The Labute approximate surface area is 91.3 Å². The van der Waals surface area contributed by atoms with E-state index in [-0.39, 0.29) is 5.54 Å². The molecule has 0 aliphatic heterocycles. The van der Waals surface area contributed by atoms with Crippen molar-refractivity contribution in [1.29, 1.82) is 0 Å². The lowest BCUT2D eigenvalue weighted by atomic mass is 10.1. The Hall–Kier alpha value is -0.830. The first-order valence-corrected chi connectivity index (χ1v) is 5.71. The summed E-state index contributed by atoms with van der Waals surface area (Å²) in [7, 11) is 0. The minimum atomic E-state index is 0.116.